The second kappa shape index (κ2) is 4.82. The lowest BCUT2D eigenvalue weighted by Gasteiger charge is -2.23. The minimum atomic E-state index is 0.0939. The van der Waals surface area contributed by atoms with Crippen molar-refractivity contribution in [2.24, 2.45) is 0 Å². The van der Waals surface area contributed by atoms with Crippen molar-refractivity contribution in [2.45, 2.75) is 30.5 Å². The van der Waals surface area contributed by atoms with Crippen molar-refractivity contribution >= 4 is 12.0 Å². The topological polar surface area (TPSA) is 36.3 Å². The maximum Gasteiger partial charge on any atom is 0.151 e. The standard InChI is InChI=1S/C9H14N2O2S/c1-12-14-9-5-6-10-11(9)8-4-2-3-7-13-8/h5-6,8H,2-4,7H2,1H3. The third-order valence-electron chi connectivity index (χ3n) is 2.23. The number of hydrogen-bond acceptors (Lipinski definition) is 4. The van der Waals surface area contributed by atoms with Gasteiger partial charge in [0.25, 0.3) is 0 Å². The normalized spacial score (nSPS) is 22.5. The molecule has 0 bridgehead atoms. The van der Waals surface area contributed by atoms with Gasteiger partial charge in [-0.1, -0.05) is 0 Å². The summed E-state index contributed by atoms with van der Waals surface area (Å²) >= 11 is 1.32. The molecule has 1 saturated heterocycles. The Bertz CT molecular complexity index is 284. The Labute approximate surface area is 87.8 Å². The van der Waals surface area contributed by atoms with E-state index in [-0.39, 0.29) is 6.23 Å². The third-order valence-corrected chi connectivity index (χ3v) is 2.89. The minimum absolute atomic E-state index is 0.0939. The summed E-state index contributed by atoms with van der Waals surface area (Å²) in [6.45, 7) is 0.835. The van der Waals surface area contributed by atoms with Crippen molar-refractivity contribution in [1.29, 1.82) is 0 Å². The molecule has 0 saturated carbocycles. The Morgan fingerprint density at radius 2 is 2.57 bits per heavy atom. The quantitative estimate of drug-likeness (QED) is 0.723. The van der Waals surface area contributed by atoms with Crippen LogP contribution in [0.25, 0.3) is 0 Å². The number of ether oxygens (including phenoxy) is 1. The Hall–Kier alpha value is -0.520. The van der Waals surface area contributed by atoms with Crippen LogP contribution in [0.3, 0.4) is 0 Å². The fourth-order valence-corrected chi connectivity index (χ4v) is 2.11. The van der Waals surface area contributed by atoms with E-state index in [0.29, 0.717) is 0 Å². The fourth-order valence-electron chi connectivity index (χ4n) is 1.59. The van der Waals surface area contributed by atoms with Crippen molar-refractivity contribution in [1.82, 2.24) is 9.78 Å². The van der Waals surface area contributed by atoms with Crippen LogP contribution in [0.15, 0.2) is 17.3 Å². The van der Waals surface area contributed by atoms with Gasteiger partial charge < -0.3 is 8.92 Å². The second-order valence-corrected chi connectivity index (χ2v) is 4.10. The zero-order chi connectivity index (χ0) is 9.80. The molecule has 5 heteroatoms. The fraction of sp³-hybridized carbons (Fsp3) is 0.667. The molecule has 0 aromatic carbocycles. The molecule has 1 unspecified atom stereocenters. The average molecular weight is 214 g/mol. The van der Waals surface area contributed by atoms with Crippen LogP contribution in [-0.2, 0) is 8.92 Å². The number of aromatic nitrogens is 2. The second-order valence-electron chi connectivity index (χ2n) is 3.19. The highest BCUT2D eigenvalue weighted by atomic mass is 32.2. The molecule has 1 aliphatic heterocycles. The van der Waals surface area contributed by atoms with Crippen molar-refractivity contribution in [3.05, 3.63) is 12.3 Å². The predicted molar refractivity (Wildman–Crippen MR) is 53.9 cm³/mol. The van der Waals surface area contributed by atoms with Gasteiger partial charge in [0.05, 0.1) is 13.3 Å². The van der Waals surface area contributed by atoms with Gasteiger partial charge in [-0.3, -0.25) is 0 Å². The molecule has 4 nitrogen and oxygen atoms in total. The van der Waals surface area contributed by atoms with Crippen molar-refractivity contribution < 1.29 is 8.92 Å². The largest absolute Gasteiger partial charge is 0.356 e. The van der Waals surface area contributed by atoms with Crippen LogP contribution in [-0.4, -0.2) is 23.5 Å². The van der Waals surface area contributed by atoms with Crippen molar-refractivity contribution in [2.75, 3.05) is 13.7 Å². The maximum absolute atomic E-state index is 5.64. The van der Waals surface area contributed by atoms with Gasteiger partial charge in [0.2, 0.25) is 0 Å². The monoisotopic (exact) mass is 214 g/mol. The highest BCUT2D eigenvalue weighted by molar-refractivity contribution is 7.94. The molecule has 0 radical (unpaired) electrons. The summed E-state index contributed by atoms with van der Waals surface area (Å²) in [4.78, 5) is 0. The maximum atomic E-state index is 5.64. The SMILES string of the molecule is COSc1ccnn1C1CCCCO1. The van der Waals surface area contributed by atoms with Gasteiger partial charge >= 0.3 is 0 Å². The first-order valence-corrected chi connectivity index (χ1v) is 5.52. The van der Waals surface area contributed by atoms with Gasteiger partial charge in [-0.05, 0) is 25.3 Å². The van der Waals surface area contributed by atoms with Crippen LogP contribution in [0.5, 0.6) is 0 Å². The van der Waals surface area contributed by atoms with Gasteiger partial charge in [0, 0.05) is 18.6 Å². The van der Waals surface area contributed by atoms with E-state index in [1.165, 1.54) is 18.5 Å². The van der Waals surface area contributed by atoms with E-state index in [9.17, 15) is 0 Å². The van der Waals surface area contributed by atoms with E-state index in [0.717, 1.165) is 24.5 Å². The molecule has 0 amide bonds. The molecule has 1 atom stereocenters. The molecule has 0 aliphatic carbocycles. The van der Waals surface area contributed by atoms with Crippen molar-refractivity contribution in [3.63, 3.8) is 0 Å². The lowest BCUT2D eigenvalue weighted by molar-refractivity contribution is -0.0447. The Balaban J connectivity index is 2.09. The first-order valence-electron chi connectivity index (χ1n) is 4.77. The Morgan fingerprint density at radius 1 is 1.64 bits per heavy atom. The zero-order valence-electron chi connectivity index (χ0n) is 8.18. The van der Waals surface area contributed by atoms with Gasteiger partial charge in [-0.25, -0.2) is 4.68 Å². The lowest BCUT2D eigenvalue weighted by atomic mass is 10.2. The van der Waals surface area contributed by atoms with Gasteiger partial charge in [-0.2, -0.15) is 5.10 Å². The van der Waals surface area contributed by atoms with E-state index in [1.807, 2.05) is 10.7 Å². The van der Waals surface area contributed by atoms with Gasteiger partial charge in [-0.15, -0.1) is 0 Å². The van der Waals surface area contributed by atoms with Gasteiger partial charge in [0.15, 0.2) is 6.23 Å². The van der Waals surface area contributed by atoms with Crippen LogP contribution in [0.1, 0.15) is 25.5 Å². The highest BCUT2D eigenvalue weighted by Crippen LogP contribution is 2.27. The minimum Gasteiger partial charge on any atom is -0.356 e. The summed E-state index contributed by atoms with van der Waals surface area (Å²) in [5, 5.41) is 5.25. The van der Waals surface area contributed by atoms with Crippen LogP contribution in [0.2, 0.25) is 0 Å². The van der Waals surface area contributed by atoms with E-state index in [4.69, 9.17) is 8.92 Å². The first-order chi connectivity index (χ1) is 6.92. The highest BCUT2D eigenvalue weighted by Gasteiger charge is 2.18. The molecule has 14 heavy (non-hydrogen) atoms. The number of hydrogen-bond donors (Lipinski definition) is 0. The van der Waals surface area contributed by atoms with E-state index < -0.39 is 0 Å². The summed E-state index contributed by atoms with van der Waals surface area (Å²) in [5.41, 5.74) is 0. The first kappa shape index (κ1) is 10.0. The number of nitrogens with zero attached hydrogens (tertiary/aromatic N) is 2. The van der Waals surface area contributed by atoms with Crippen LogP contribution >= 0.6 is 12.0 Å². The van der Waals surface area contributed by atoms with Gasteiger partial charge in [0.1, 0.15) is 5.03 Å². The molecule has 78 valence electrons. The molecule has 2 rings (SSSR count). The summed E-state index contributed by atoms with van der Waals surface area (Å²) in [6, 6.07) is 1.94. The molecule has 0 N–H and O–H groups in total. The zero-order valence-corrected chi connectivity index (χ0v) is 9.00. The predicted octanol–water partition coefficient (Wildman–Crippen LogP) is 2.24. The molecule has 1 aromatic rings. The molecule has 0 spiro atoms. The smallest absolute Gasteiger partial charge is 0.151 e. The van der Waals surface area contributed by atoms with Crippen LogP contribution < -0.4 is 0 Å². The third kappa shape index (κ3) is 2.10. The molecule has 2 heterocycles. The lowest BCUT2D eigenvalue weighted by Crippen LogP contribution is -2.19. The molecule has 1 fully saturated rings. The van der Waals surface area contributed by atoms with Crippen molar-refractivity contribution in [3.8, 4) is 0 Å². The Morgan fingerprint density at radius 3 is 3.29 bits per heavy atom. The average Bonchev–Trinajstić information content (AvgIpc) is 2.68. The summed E-state index contributed by atoms with van der Waals surface area (Å²) in [5.74, 6) is 0. The summed E-state index contributed by atoms with van der Waals surface area (Å²) in [6.07, 6.45) is 5.28. The summed E-state index contributed by atoms with van der Waals surface area (Å²) < 4.78 is 12.6. The molecule has 1 aromatic heterocycles. The van der Waals surface area contributed by atoms with Crippen LogP contribution in [0.4, 0.5) is 0 Å². The Kier molecular flexibility index (Phi) is 3.44. The number of rotatable bonds is 3. The van der Waals surface area contributed by atoms with E-state index in [2.05, 4.69) is 5.10 Å². The van der Waals surface area contributed by atoms with Crippen LogP contribution in [0, 0.1) is 0 Å². The van der Waals surface area contributed by atoms with E-state index in [1.54, 1.807) is 13.3 Å². The summed E-state index contributed by atoms with van der Waals surface area (Å²) in [7, 11) is 1.66. The molecular formula is C9H14N2O2S. The molecule has 1 aliphatic rings. The van der Waals surface area contributed by atoms with E-state index >= 15 is 0 Å². The molecular weight excluding hydrogens is 200 g/mol.